The molecular weight excluding hydrogens is 316 g/mol. The third-order valence-electron chi connectivity index (χ3n) is 3.41. The molecule has 2 amide bonds. The van der Waals surface area contributed by atoms with E-state index < -0.39 is 11.7 Å². The lowest BCUT2D eigenvalue weighted by Crippen LogP contribution is -2.33. The van der Waals surface area contributed by atoms with Crippen molar-refractivity contribution >= 4 is 29.3 Å². The van der Waals surface area contributed by atoms with E-state index in [1.54, 1.807) is 4.90 Å². The molecule has 5 nitrogen and oxygen atoms in total. The number of amides is 2. The van der Waals surface area contributed by atoms with Crippen molar-refractivity contribution in [3.8, 4) is 0 Å². The van der Waals surface area contributed by atoms with Crippen LogP contribution >= 0.6 is 11.6 Å². The molecule has 1 N–H and O–H groups in total. The Kier molecular flexibility index (Phi) is 5.52. The normalized spacial score (nSPS) is 18.2. The molecule has 2 rings (SSSR count). The second kappa shape index (κ2) is 7.21. The van der Waals surface area contributed by atoms with Gasteiger partial charge in [-0.25, -0.2) is 4.79 Å². The van der Waals surface area contributed by atoms with Crippen LogP contribution < -0.4 is 10.2 Å². The second-order valence-corrected chi connectivity index (χ2v) is 7.27. The summed E-state index contributed by atoms with van der Waals surface area (Å²) in [7, 11) is 0. The molecule has 1 atom stereocenters. The minimum atomic E-state index is -0.492. The number of nitrogens with zero attached hydrogens (tertiary/aromatic N) is 1. The molecule has 1 aromatic carbocycles. The number of anilines is 1. The van der Waals surface area contributed by atoms with Crippen molar-refractivity contribution in [3.63, 3.8) is 0 Å². The van der Waals surface area contributed by atoms with Crippen molar-refractivity contribution in [2.24, 2.45) is 0 Å². The van der Waals surface area contributed by atoms with Crippen LogP contribution in [0.15, 0.2) is 24.3 Å². The Morgan fingerprint density at radius 1 is 1.35 bits per heavy atom. The first-order valence-corrected chi connectivity index (χ1v) is 8.18. The van der Waals surface area contributed by atoms with Gasteiger partial charge in [-0.15, -0.1) is 11.6 Å². The zero-order valence-electron chi connectivity index (χ0n) is 13.8. The van der Waals surface area contributed by atoms with Gasteiger partial charge in [0.2, 0.25) is 5.91 Å². The van der Waals surface area contributed by atoms with Crippen molar-refractivity contribution in [2.45, 2.75) is 44.6 Å². The van der Waals surface area contributed by atoms with E-state index in [9.17, 15) is 9.59 Å². The van der Waals surface area contributed by atoms with Gasteiger partial charge < -0.3 is 15.0 Å². The predicted octanol–water partition coefficient (Wildman–Crippen LogP) is 3.10. The molecule has 1 heterocycles. The van der Waals surface area contributed by atoms with Gasteiger partial charge in [-0.3, -0.25) is 4.79 Å². The summed E-state index contributed by atoms with van der Waals surface area (Å²) in [5, 5.41) is 2.62. The first kappa shape index (κ1) is 17.6. The van der Waals surface area contributed by atoms with E-state index in [0.717, 1.165) is 11.3 Å². The summed E-state index contributed by atoms with van der Waals surface area (Å²) in [4.78, 5) is 25.1. The predicted molar refractivity (Wildman–Crippen MR) is 91.0 cm³/mol. The van der Waals surface area contributed by atoms with Crippen LogP contribution in [0.25, 0.3) is 0 Å². The number of benzene rings is 1. The number of carbonyl (C=O) groups excluding carboxylic acids is 2. The fourth-order valence-electron chi connectivity index (χ4n) is 2.38. The molecule has 0 bridgehead atoms. The van der Waals surface area contributed by atoms with E-state index in [1.165, 1.54) is 0 Å². The largest absolute Gasteiger partial charge is 0.444 e. The van der Waals surface area contributed by atoms with Gasteiger partial charge in [0, 0.05) is 25.2 Å². The summed E-state index contributed by atoms with van der Waals surface area (Å²) in [6, 6.07) is 7.74. The van der Waals surface area contributed by atoms with Crippen molar-refractivity contribution in [1.82, 2.24) is 5.32 Å². The van der Waals surface area contributed by atoms with Crippen molar-refractivity contribution < 1.29 is 14.3 Å². The Labute approximate surface area is 141 Å². The first-order valence-electron chi connectivity index (χ1n) is 7.75. The standard InChI is InChI=1S/C17H23ClN2O3/c1-17(2,3)23-16(22)19-9-8-12-4-6-14(7-5-12)20-11-13(18)10-15(20)21/h4-7,13H,8-11H2,1-3H3,(H,19,22). The summed E-state index contributed by atoms with van der Waals surface area (Å²) in [6.45, 7) is 6.55. The number of nitrogens with one attached hydrogen (secondary N) is 1. The van der Waals surface area contributed by atoms with Gasteiger partial charge in [-0.05, 0) is 44.9 Å². The Bertz CT molecular complexity index is 566. The second-order valence-electron chi connectivity index (χ2n) is 6.65. The quantitative estimate of drug-likeness (QED) is 0.858. The fourth-order valence-corrected chi connectivity index (χ4v) is 2.65. The minimum absolute atomic E-state index is 0.0596. The van der Waals surface area contributed by atoms with E-state index >= 15 is 0 Å². The van der Waals surface area contributed by atoms with E-state index in [1.807, 2.05) is 45.0 Å². The maximum Gasteiger partial charge on any atom is 0.407 e. The molecule has 126 valence electrons. The number of hydrogen-bond donors (Lipinski definition) is 1. The van der Waals surface area contributed by atoms with Gasteiger partial charge in [0.15, 0.2) is 0 Å². The molecule has 1 unspecified atom stereocenters. The van der Waals surface area contributed by atoms with Crippen LogP contribution in [0.2, 0.25) is 0 Å². The minimum Gasteiger partial charge on any atom is -0.444 e. The SMILES string of the molecule is CC(C)(C)OC(=O)NCCc1ccc(N2CC(Cl)CC2=O)cc1. The number of alkyl carbamates (subject to hydrolysis) is 1. The Hall–Kier alpha value is -1.75. The van der Waals surface area contributed by atoms with E-state index in [0.29, 0.717) is 25.9 Å². The van der Waals surface area contributed by atoms with Crippen LogP contribution in [-0.4, -0.2) is 36.1 Å². The molecule has 6 heteroatoms. The van der Waals surface area contributed by atoms with E-state index in [2.05, 4.69) is 5.32 Å². The zero-order chi connectivity index (χ0) is 17.0. The Morgan fingerprint density at radius 3 is 2.52 bits per heavy atom. The number of carbonyl (C=O) groups is 2. The lowest BCUT2D eigenvalue weighted by molar-refractivity contribution is -0.117. The maximum atomic E-state index is 11.8. The number of halogens is 1. The molecule has 0 saturated carbocycles. The molecule has 0 spiro atoms. The highest BCUT2D eigenvalue weighted by molar-refractivity contribution is 6.24. The molecule has 0 aromatic heterocycles. The molecule has 1 aromatic rings. The monoisotopic (exact) mass is 338 g/mol. The van der Waals surface area contributed by atoms with E-state index in [4.69, 9.17) is 16.3 Å². The lowest BCUT2D eigenvalue weighted by Gasteiger charge is -2.19. The van der Waals surface area contributed by atoms with Gasteiger partial charge in [0.05, 0.1) is 5.38 Å². The van der Waals surface area contributed by atoms with Crippen LogP contribution in [0.5, 0.6) is 0 Å². The summed E-state index contributed by atoms with van der Waals surface area (Å²) in [5.41, 5.74) is 1.45. The average Bonchev–Trinajstić information content (AvgIpc) is 2.76. The highest BCUT2D eigenvalue weighted by Gasteiger charge is 2.28. The van der Waals surface area contributed by atoms with Crippen LogP contribution in [0, 0.1) is 0 Å². The number of ether oxygens (including phenoxy) is 1. The summed E-state index contributed by atoms with van der Waals surface area (Å²) in [6.07, 6.45) is 0.680. The topological polar surface area (TPSA) is 58.6 Å². The Balaban J connectivity index is 1.82. The highest BCUT2D eigenvalue weighted by Crippen LogP contribution is 2.24. The number of hydrogen-bond acceptors (Lipinski definition) is 3. The van der Waals surface area contributed by atoms with Crippen molar-refractivity contribution in [1.29, 1.82) is 0 Å². The molecular formula is C17H23ClN2O3. The van der Waals surface area contributed by atoms with Crippen molar-refractivity contribution in [3.05, 3.63) is 29.8 Å². The maximum absolute atomic E-state index is 11.8. The highest BCUT2D eigenvalue weighted by atomic mass is 35.5. The van der Waals surface area contributed by atoms with Crippen molar-refractivity contribution in [2.75, 3.05) is 18.0 Å². The summed E-state index contributed by atoms with van der Waals surface area (Å²) < 4.78 is 5.18. The molecule has 0 radical (unpaired) electrons. The molecule has 1 saturated heterocycles. The summed E-state index contributed by atoms with van der Waals surface area (Å²) in [5.74, 6) is 0.0596. The number of alkyl halides is 1. The molecule has 0 aliphatic carbocycles. The van der Waals surface area contributed by atoms with E-state index in [-0.39, 0.29) is 11.3 Å². The van der Waals surface area contributed by atoms with Crippen LogP contribution in [0.4, 0.5) is 10.5 Å². The van der Waals surface area contributed by atoms with Crippen LogP contribution in [0.1, 0.15) is 32.8 Å². The fraction of sp³-hybridized carbons (Fsp3) is 0.529. The third kappa shape index (κ3) is 5.43. The molecule has 1 aliphatic rings. The van der Waals surface area contributed by atoms with Gasteiger partial charge in [-0.2, -0.15) is 0 Å². The zero-order valence-corrected chi connectivity index (χ0v) is 14.5. The summed E-state index contributed by atoms with van der Waals surface area (Å²) >= 11 is 6.01. The third-order valence-corrected chi connectivity index (χ3v) is 3.70. The first-order chi connectivity index (χ1) is 10.7. The Morgan fingerprint density at radius 2 is 2.00 bits per heavy atom. The van der Waals surface area contributed by atoms with Gasteiger partial charge >= 0.3 is 6.09 Å². The lowest BCUT2D eigenvalue weighted by atomic mass is 10.1. The van der Waals surface area contributed by atoms with Crippen LogP contribution in [-0.2, 0) is 16.0 Å². The number of rotatable bonds is 4. The van der Waals surface area contributed by atoms with Gasteiger partial charge in [0.1, 0.15) is 5.60 Å². The average molecular weight is 339 g/mol. The van der Waals surface area contributed by atoms with Crippen LogP contribution in [0.3, 0.4) is 0 Å². The van der Waals surface area contributed by atoms with Gasteiger partial charge in [-0.1, -0.05) is 12.1 Å². The smallest absolute Gasteiger partial charge is 0.407 e. The molecule has 1 aliphatic heterocycles. The molecule has 23 heavy (non-hydrogen) atoms. The molecule has 1 fully saturated rings. The van der Waals surface area contributed by atoms with Gasteiger partial charge in [0.25, 0.3) is 0 Å².